The fourth-order valence-electron chi connectivity index (χ4n) is 2.54. The van der Waals surface area contributed by atoms with Gasteiger partial charge in [0, 0.05) is 18.7 Å². The van der Waals surface area contributed by atoms with E-state index < -0.39 is 0 Å². The summed E-state index contributed by atoms with van der Waals surface area (Å²) in [5.41, 5.74) is 2.30. The van der Waals surface area contributed by atoms with Crippen molar-refractivity contribution in [1.82, 2.24) is 4.90 Å². The van der Waals surface area contributed by atoms with Gasteiger partial charge in [0.25, 0.3) is 0 Å². The Balaban J connectivity index is 1.81. The van der Waals surface area contributed by atoms with Gasteiger partial charge in [-0.25, -0.2) is 4.84 Å². The molecule has 0 saturated carbocycles. The fourth-order valence-corrected chi connectivity index (χ4v) is 2.92. The van der Waals surface area contributed by atoms with E-state index in [9.17, 15) is 0 Å². The number of hydroxylamine groups is 3. The SMILES string of the molecule is CN(CCO[N+](C)(C)Cc1cccc(Cl)c1Cl)Cc1ccccc1. The van der Waals surface area contributed by atoms with Gasteiger partial charge in [0.1, 0.15) is 13.2 Å². The molecule has 2 rings (SSSR count). The molecule has 0 spiro atoms. The normalized spacial score (nSPS) is 11.9. The Morgan fingerprint density at radius 2 is 1.71 bits per heavy atom. The largest absolute Gasteiger partial charge is 0.300 e. The summed E-state index contributed by atoms with van der Waals surface area (Å²) in [6.07, 6.45) is 0. The van der Waals surface area contributed by atoms with E-state index in [1.807, 2.05) is 32.3 Å². The van der Waals surface area contributed by atoms with Crippen molar-refractivity contribution in [2.24, 2.45) is 0 Å². The zero-order valence-electron chi connectivity index (χ0n) is 14.5. The third-order valence-corrected chi connectivity index (χ3v) is 4.65. The van der Waals surface area contributed by atoms with Gasteiger partial charge in [-0.15, -0.1) is 0 Å². The van der Waals surface area contributed by atoms with Crippen LogP contribution in [0, 0.1) is 0 Å². The molecule has 0 aliphatic heterocycles. The lowest BCUT2D eigenvalue weighted by Crippen LogP contribution is -2.40. The Morgan fingerprint density at radius 3 is 2.42 bits per heavy atom. The average Bonchev–Trinajstić information content (AvgIpc) is 2.52. The molecule has 0 saturated heterocycles. The number of likely N-dealkylation sites (N-methyl/N-ethyl adjacent to an activating group) is 1. The average molecular weight is 368 g/mol. The number of nitrogens with zero attached hydrogens (tertiary/aromatic N) is 2. The third-order valence-electron chi connectivity index (χ3n) is 3.79. The number of halogens is 2. The van der Waals surface area contributed by atoms with Crippen molar-refractivity contribution in [3.63, 3.8) is 0 Å². The van der Waals surface area contributed by atoms with Crippen LogP contribution in [0.1, 0.15) is 11.1 Å². The van der Waals surface area contributed by atoms with Crippen LogP contribution in [0.15, 0.2) is 48.5 Å². The molecule has 3 nitrogen and oxygen atoms in total. The van der Waals surface area contributed by atoms with E-state index in [0.29, 0.717) is 27.8 Å². The maximum atomic E-state index is 6.27. The van der Waals surface area contributed by atoms with Gasteiger partial charge in [0.2, 0.25) is 0 Å². The minimum absolute atomic E-state index is 0.402. The van der Waals surface area contributed by atoms with Crippen molar-refractivity contribution >= 4 is 23.2 Å². The zero-order valence-corrected chi connectivity index (χ0v) is 16.0. The van der Waals surface area contributed by atoms with Crippen molar-refractivity contribution in [3.05, 3.63) is 69.7 Å². The minimum Gasteiger partial charge on any atom is -0.300 e. The van der Waals surface area contributed by atoms with Crippen molar-refractivity contribution in [2.75, 3.05) is 34.3 Å². The van der Waals surface area contributed by atoms with Gasteiger partial charge in [-0.2, -0.15) is 4.65 Å². The van der Waals surface area contributed by atoms with Gasteiger partial charge in [-0.3, -0.25) is 4.90 Å². The minimum atomic E-state index is 0.402. The van der Waals surface area contributed by atoms with Gasteiger partial charge in [-0.05, 0) is 18.7 Å². The summed E-state index contributed by atoms with van der Waals surface area (Å²) in [5.74, 6) is 0. The molecule has 2 aromatic rings. The maximum absolute atomic E-state index is 6.27. The first kappa shape index (κ1) is 19.2. The summed E-state index contributed by atoms with van der Waals surface area (Å²) in [6, 6.07) is 16.1. The Bertz CT molecular complexity index is 647. The third kappa shape index (κ3) is 6.08. The van der Waals surface area contributed by atoms with E-state index in [1.165, 1.54) is 5.56 Å². The molecule has 130 valence electrons. The number of quaternary nitrogens is 1. The second kappa shape index (κ2) is 8.84. The lowest BCUT2D eigenvalue weighted by Gasteiger charge is -2.28. The number of benzene rings is 2. The predicted octanol–water partition coefficient (Wildman–Crippen LogP) is 4.63. The lowest BCUT2D eigenvalue weighted by atomic mass is 10.2. The Hall–Kier alpha value is -1.10. The van der Waals surface area contributed by atoms with Crippen molar-refractivity contribution in [3.8, 4) is 0 Å². The molecule has 0 aromatic heterocycles. The molecule has 2 aromatic carbocycles. The van der Waals surface area contributed by atoms with E-state index >= 15 is 0 Å². The molecule has 0 fully saturated rings. The first-order valence-corrected chi connectivity index (χ1v) is 8.76. The monoisotopic (exact) mass is 367 g/mol. The predicted molar refractivity (Wildman–Crippen MR) is 101 cm³/mol. The molecule has 0 aliphatic carbocycles. The maximum Gasteiger partial charge on any atom is 0.135 e. The highest BCUT2D eigenvalue weighted by Crippen LogP contribution is 2.27. The van der Waals surface area contributed by atoms with Crippen LogP contribution in [-0.2, 0) is 17.9 Å². The highest BCUT2D eigenvalue weighted by Gasteiger charge is 2.20. The van der Waals surface area contributed by atoms with Crippen LogP contribution >= 0.6 is 23.2 Å². The van der Waals surface area contributed by atoms with E-state index in [-0.39, 0.29) is 0 Å². The molecule has 24 heavy (non-hydrogen) atoms. The molecule has 0 bridgehead atoms. The molecular weight excluding hydrogens is 343 g/mol. The fraction of sp³-hybridized carbons (Fsp3) is 0.368. The van der Waals surface area contributed by atoms with Crippen molar-refractivity contribution < 1.29 is 9.48 Å². The van der Waals surface area contributed by atoms with E-state index in [0.717, 1.165) is 18.7 Å². The molecule has 5 heteroatoms. The lowest BCUT2D eigenvalue weighted by molar-refractivity contribution is -1.09. The van der Waals surface area contributed by atoms with Gasteiger partial charge < -0.3 is 0 Å². The standard InChI is InChI=1S/C19H25Cl2N2O/c1-22(14-16-8-5-4-6-9-16)12-13-24-23(2,3)15-17-10-7-11-18(20)19(17)21/h4-11H,12-15H2,1-3H3/q+1. The topological polar surface area (TPSA) is 12.5 Å². The summed E-state index contributed by atoms with van der Waals surface area (Å²) in [5, 5.41) is 1.19. The van der Waals surface area contributed by atoms with Gasteiger partial charge >= 0.3 is 0 Å². The quantitative estimate of drug-likeness (QED) is 0.497. The molecule has 0 heterocycles. The summed E-state index contributed by atoms with van der Waals surface area (Å²) < 4.78 is 0.402. The number of rotatable bonds is 8. The molecular formula is C19H25Cl2N2O+. The van der Waals surface area contributed by atoms with Crippen molar-refractivity contribution in [2.45, 2.75) is 13.1 Å². The van der Waals surface area contributed by atoms with Crippen LogP contribution in [0.4, 0.5) is 0 Å². The van der Waals surface area contributed by atoms with Crippen LogP contribution in [0.5, 0.6) is 0 Å². The summed E-state index contributed by atoms with van der Waals surface area (Å²) in [6.45, 7) is 3.09. The van der Waals surface area contributed by atoms with Crippen LogP contribution in [0.25, 0.3) is 0 Å². The van der Waals surface area contributed by atoms with E-state index in [4.69, 9.17) is 28.0 Å². The molecule has 0 radical (unpaired) electrons. The number of hydrogen-bond donors (Lipinski definition) is 0. The zero-order chi connectivity index (χ0) is 17.6. The summed E-state index contributed by atoms with van der Waals surface area (Å²) in [7, 11) is 6.15. The van der Waals surface area contributed by atoms with Crippen LogP contribution in [0.3, 0.4) is 0 Å². The van der Waals surface area contributed by atoms with Gasteiger partial charge in [0.15, 0.2) is 0 Å². The second-order valence-corrected chi connectivity index (χ2v) is 7.29. The highest BCUT2D eigenvalue weighted by molar-refractivity contribution is 6.42. The van der Waals surface area contributed by atoms with Gasteiger partial charge in [0.05, 0.1) is 24.1 Å². The van der Waals surface area contributed by atoms with Gasteiger partial charge in [-0.1, -0.05) is 65.7 Å². The summed E-state index contributed by atoms with van der Waals surface area (Å²) in [4.78, 5) is 8.28. The van der Waals surface area contributed by atoms with Crippen LogP contribution in [-0.4, -0.2) is 43.8 Å². The number of hydrogen-bond acceptors (Lipinski definition) is 2. The van der Waals surface area contributed by atoms with Crippen LogP contribution < -0.4 is 0 Å². The molecule has 0 amide bonds. The molecule has 0 atom stereocenters. The highest BCUT2D eigenvalue weighted by atomic mass is 35.5. The molecule has 0 aliphatic rings. The first-order chi connectivity index (χ1) is 11.4. The van der Waals surface area contributed by atoms with Crippen molar-refractivity contribution in [1.29, 1.82) is 0 Å². The Kier molecular flexibility index (Phi) is 7.08. The smallest absolute Gasteiger partial charge is 0.135 e. The molecule has 0 N–H and O–H groups in total. The van der Waals surface area contributed by atoms with E-state index in [2.05, 4.69) is 36.2 Å². The Labute approximate surface area is 154 Å². The van der Waals surface area contributed by atoms with E-state index in [1.54, 1.807) is 6.07 Å². The first-order valence-electron chi connectivity index (χ1n) is 8.00. The molecule has 0 unspecified atom stereocenters. The summed E-state index contributed by atoms with van der Waals surface area (Å²) >= 11 is 12.3. The van der Waals surface area contributed by atoms with Crippen LogP contribution in [0.2, 0.25) is 10.0 Å². The second-order valence-electron chi connectivity index (χ2n) is 6.50. The Morgan fingerprint density at radius 1 is 1.00 bits per heavy atom.